The molecule has 0 aliphatic carbocycles. The van der Waals surface area contributed by atoms with E-state index in [1.165, 1.54) is 19.2 Å². The van der Waals surface area contributed by atoms with E-state index in [1.807, 2.05) is 30.3 Å². The van der Waals surface area contributed by atoms with Gasteiger partial charge in [0.05, 0.1) is 29.4 Å². The molecule has 4 heterocycles. The lowest BCUT2D eigenvalue weighted by Crippen LogP contribution is -2.35. The number of aliphatic imine (C=N–C) groups is 1. The molecule has 1 aromatic carbocycles. The van der Waals surface area contributed by atoms with E-state index in [2.05, 4.69) is 16.8 Å². The lowest BCUT2D eigenvalue weighted by molar-refractivity contribution is -0.384. The molecule has 32 heavy (non-hydrogen) atoms. The van der Waals surface area contributed by atoms with Gasteiger partial charge in [-0.3, -0.25) is 15.1 Å². The summed E-state index contributed by atoms with van der Waals surface area (Å²) in [5.41, 5.74) is 1.54. The van der Waals surface area contributed by atoms with E-state index in [4.69, 9.17) is 14.1 Å². The summed E-state index contributed by atoms with van der Waals surface area (Å²) in [6.45, 7) is 2.19. The smallest absolute Gasteiger partial charge is 0.273 e. The van der Waals surface area contributed by atoms with Crippen LogP contribution in [0.3, 0.4) is 0 Å². The molecular weight excluding hydrogens is 428 g/mol. The molecule has 2 aliphatic heterocycles. The number of hydrogen-bond acceptors (Lipinski definition) is 8. The second kappa shape index (κ2) is 8.31. The number of hydrogen-bond donors (Lipinski definition) is 0. The largest absolute Gasteiger partial charge is 0.496 e. The van der Waals surface area contributed by atoms with Crippen molar-refractivity contribution in [2.75, 3.05) is 12.9 Å². The zero-order valence-corrected chi connectivity index (χ0v) is 18.5. The second-order valence-corrected chi connectivity index (χ2v) is 8.67. The molecule has 3 atom stereocenters. The Morgan fingerprint density at radius 1 is 1.28 bits per heavy atom. The van der Waals surface area contributed by atoms with Crippen molar-refractivity contribution < 1.29 is 14.1 Å². The van der Waals surface area contributed by atoms with Gasteiger partial charge in [0.15, 0.2) is 5.17 Å². The minimum atomic E-state index is -0.440. The van der Waals surface area contributed by atoms with Crippen LogP contribution in [0.2, 0.25) is 0 Å². The van der Waals surface area contributed by atoms with Crippen LogP contribution in [-0.4, -0.2) is 38.9 Å². The quantitative estimate of drug-likeness (QED) is 0.374. The molecule has 0 amide bonds. The fourth-order valence-electron chi connectivity index (χ4n) is 4.31. The zero-order valence-electron chi connectivity index (χ0n) is 17.7. The van der Waals surface area contributed by atoms with Crippen molar-refractivity contribution in [1.82, 2.24) is 9.88 Å². The first-order valence-electron chi connectivity index (χ1n) is 10.4. The van der Waals surface area contributed by atoms with Gasteiger partial charge < -0.3 is 14.1 Å². The molecule has 0 N–H and O–H groups in total. The molecule has 2 aliphatic rings. The predicted molar refractivity (Wildman–Crippen MR) is 123 cm³/mol. The molecular formula is C23H22N4O4S. The number of nitrogens with zero attached hydrogens (tertiary/aromatic N) is 4. The Hall–Kier alpha value is -3.33. The van der Waals surface area contributed by atoms with Crippen LogP contribution in [-0.2, 0) is 0 Å². The van der Waals surface area contributed by atoms with Crippen molar-refractivity contribution in [2.45, 2.75) is 31.5 Å². The lowest BCUT2D eigenvalue weighted by atomic mass is 10.0. The highest BCUT2D eigenvalue weighted by Crippen LogP contribution is 2.49. The maximum atomic E-state index is 11.1. The van der Waals surface area contributed by atoms with E-state index in [9.17, 15) is 10.1 Å². The summed E-state index contributed by atoms with van der Waals surface area (Å²) in [4.78, 5) is 22.6. The zero-order chi connectivity index (χ0) is 22.2. The van der Waals surface area contributed by atoms with Gasteiger partial charge >= 0.3 is 0 Å². The van der Waals surface area contributed by atoms with E-state index >= 15 is 0 Å². The minimum absolute atomic E-state index is 0.0266. The van der Waals surface area contributed by atoms with Crippen LogP contribution in [0, 0.1) is 10.1 Å². The highest BCUT2D eigenvalue weighted by atomic mass is 32.2. The van der Waals surface area contributed by atoms with Crippen molar-refractivity contribution in [3.63, 3.8) is 0 Å². The molecule has 164 valence electrons. The summed E-state index contributed by atoms with van der Waals surface area (Å²) in [7, 11) is 1.49. The first kappa shape index (κ1) is 20.6. The second-order valence-electron chi connectivity index (χ2n) is 7.68. The number of thioether (sulfide) groups is 1. The SMILES string of the molecule is CCC1CSC2=NC(c3ccccn3)C(c3ccc(-c4ccc([N+](=O)[O-])cc4OC)o3)N21. The van der Waals surface area contributed by atoms with E-state index in [0.29, 0.717) is 23.1 Å². The molecule has 3 unspecified atom stereocenters. The van der Waals surface area contributed by atoms with Crippen LogP contribution in [0.4, 0.5) is 5.69 Å². The van der Waals surface area contributed by atoms with Crippen molar-refractivity contribution in [2.24, 2.45) is 4.99 Å². The highest BCUT2D eigenvalue weighted by Gasteiger charge is 2.47. The van der Waals surface area contributed by atoms with Gasteiger partial charge in [-0.25, -0.2) is 4.99 Å². The number of benzene rings is 1. The number of rotatable bonds is 6. The number of aromatic nitrogens is 1. The fraction of sp³-hybridized carbons (Fsp3) is 0.304. The number of pyridine rings is 1. The third-order valence-corrected chi connectivity index (χ3v) is 7.03. The summed E-state index contributed by atoms with van der Waals surface area (Å²) < 4.78 is 11.8. The van der Waals surface area contributed by atoms with E-state index in [0.717, 1.165) is 28.8 Å². The number of fused-ring (bicyclic) bond motifs is 1. The highest BCUT2D eigenvalue weighted by molar-refractivity contribution is 8.14. The Morgan fingerprint density at radius 3 is 2.88 bits per heavy atom. The molecule has 1 saturated heterocycles. The number of ether oxygens (including phenoxy) is 1. The molecule has 0 bridgehead atoms. The Labute approximate surface area is 189 Å². The van der Waals surface area contributed by atoms with Crippen LogP contribution in [0.15, 0.2) is 64.1 Å². The molecule has 0 spiro atoms. The first-order chi connectivity index (χ1) is 15.6. The Balaban J connectivity index is 1.55. The number of nitro groups is 1. The normalized spacial score (nSPS) is 22.0. The van der Waals surface area contributed by atoms with Gasteiger partial charge in [-0.2, -0.15) is 0 Å². The Morgan fingerprint density at radius 2 is 2.16 bits per heavy atom. The summed E-state index contributed by atoms with van der Waals surface area (Å²) in [5, 5.41) is 12.2. The van der Waals surface area contributed by atoms with Crippen molar-refractivity contribution >= 4 is 22.6 Å². The molecule has 9 heteroatoms. The summed E-state index contributed by atoms with van der Waals surface area (Å²) >= 11 is 1.78. The van der Waals surface area contributed by atoms with Crippen LogP contribution < -0.4 is 4.74 Å². The molecule has 5 rings (SSSR count). The summed E-state index contributed by atoms with van der Waals surface area (Å²) in [5.74, 6) is 2.79. The average molecular weight is 451 g/mol. The topological polar surface area (TPSA) is 94.0 Å². The van der Waals surface area contributed by atoms with Crippen molar-refractivity contribution in [3.05, 3.63) is 76.3 Å². The van der Waals surface area contributed by atoms with Crippen LogP contribution >= 0.6 is 11.8 Å². The van der Waals surface area contributed by atoms with Crippen LogP contribution in [0.5, 0.6) is 5.75 Å². The lowest BCUT2D eigenvalue weighted by Gasteiger charge is -2.30. The van der Waals surface area contributed by atoms with Gasteiger partial charge in [-0.15, -0.1) is 0 Å². The predicted octanol–water partition coefficient (Wildman–Crippen LogP) is 5.24. The summed E-state index contributed by atoms with van der Waals surface area (Å²) in [6, 6.07) is 14.4. The first-order valence-corrected chi connectivity index (χ1v) is 11.4. The summed E-state index contributed by atoms with van der Waals surface area (Å²) in [6.07, 6.45) is 2.80. The van der Waals surface area contributed by atoms with Crippen molar-refractivity contribution in [1.29, 1.82) is 0 Å². The van der Waals surface area contributed by atoms with Gasteiger partial charge in [-0.1, -0.05) is 24.8 Å². The Kier molecular flexibility index (Phi) is 5.34. The van der Waals surface area contributed by atoms with Gasteiger partial charge in [0.25, 0.3) is 5.69 Å². The molecule has 0 saturated carbocycles. The van der Waals surface area contributed by atoms with E-state index in [1.54, 1.807) is 24.0 Å². The van der Waals surface area contributed by atoms with Crippen molar-refractivity contribution in [3.8, 4) is 17.1 Å². The fourth-order valence-corrected chi connectivity index (χ4v) is 5.65. The minimum Gasteiger partial charge on any atom is -0.496 e. The van der Waals surface area contributed by atoms with Gasteiger partial charge in [0, 0.05) is 24.1 Å². The molecule has 0 radical (unpaired) electrons. The van der Waals surface area contributed by atoms with Crippen LogP contribution in [0.25, 0.3) is 11.3 Å². The number of methoxy groups -OCH3 is 1. The van der Waals surface area contributed by atoms with E-state index in [-0.39, 0.29) is 17.8 Å². The molecule has 1 fully saturated rings. The molecule has 8 nitrogen and oxygen atoms in total. The third-order valence-electron chi connectivity index (χ3n) is 5.91. The van der Waals surface area contributed by atoms with Gasteiger partial charge in [-0.05, 0) is 36.8 Å². The molecule has 3 aromatic rings. The standard InChI is InChI=1S/C23H22N4O4S/c1-3-14-13-32-23-25-21(17-6-4-5-11-24-17)22(26(14)23)19-10-9-18(31-19)16-8-7-15(27(28)29)12-20(16)30-2/h4-12,14,21-22H,3,13H2,1-2H3. The number of amidine groups is 1. The van der Waals surface area contributed by atoms with Gasteiger partial charge in [0.1, 0.15) is 29.4 Å². The third kappa shape index (κ3) is 3.42. The van der Waals surface area contributed by atoms with E-state index < -0.39 is 4.92 Å². The maximum Gasteiger partial charge on any atom is 0.273 e. The van der Waals surface area contributed by atoms with Gasteiger partial charge in [0.2, 0.25) is 0 Å². The monoisotopic (exact) mass is 450 g/mol. The van der Waals surface area contributed by atoms with Crippen LogP contribution in [0.1, 0.15) is 36.9 Å². The maximum absolute atomic E-state index is 11.1. The number of nitro benzene ring substituents is 1. The Bertz CT molecular complexity index is 1180. The molecule has 2 aromatic heterocycles. The number of furan rings is 1. The number of non-ortho nitro benzene ring substituents is 1. The average Bonchev–Trinajstić information content (AvgIpc) is 3.54.